The van der Waals surface area contributed by atoms with Crippen LogP contribution in [-0.4, -0.2) is 41.6 Å². The molecule has 1 N–H and O–H groups in total. The third-order valence-electron chi connectivity index (χ3n) is 3.07. The zero-order valence-electron chi connectivity index (χ0n) is 10.2. The van der Waals surface area contributed by atoms with Gasteiger partial charge in [0.2, 0.25) is 0 Å². The number of aliphatic carboxylic acids is 1. The number of nitrogens with zero attached hydrogens (tertiary/aromatic N) is 1. The van der Waals surface area contributed by atoms with Crippen molar-refractivity contribution in [3.05, 3.63) is 30.1 Å². The van der Waals surface area contributed by atoms with E-state index in [2.05, 4.69) is 0 Å². The topological polar surface area (TPSA) is 66.8 Å². The number of likely N-dealkylation sites (tertiary alicyclic amines) is 1. The van der Waals surface area contributed by atoms with E-state index >= 15 is 0 Å². The Morgan fingerprint density at radius 3 is 2.63 bits per heavy atom. The molecule has 1 aromatic carbocycles. The molecule has 5 nitrogen and oxygen atoms in total. The number of hydrogen-bond acceptors (Lipinski definition) is 3. The summed E-state index contributed by atoms with van der Waals surface area (Å²) in [6.45, 7) is 0.488. The van der Waals surface area contributed by atoms with Crippen LogP contribution in [0, 0.1) is 11.7 Å². The van der Waals surface area contributed by atoms with Crippen LogP contribution in [0.25, 0.3) is 0 Å². The maximum absolute atomic E-state index is 12.7. The van der Waals surface area contributed by atoms with Crippen LogP contribution in [0.4, 0.5) is 4.39 Å². The van der Waals surface area contributed by atoms with Crippen LogP contribution in [0.2, 0.25) is 0 Å². The normalized spacial score (nSPS) is 18.4. The summed E-state index contributed by atoms with van der Waals surface area (Å²) in [5, 5.41) is 8.84. The molecule has 0 aromatic heterocycles. The van der Waals surface area contributed by atoms with Crippen LogP contribution in [0.1, 0.15) is 6.42 Å². The van der Waals surface area contributed by atoms with E-state index in [4.69, 9.17) is 9.84 Å². The Kier molecular flexibility index (Phi) is 3.99. The first-order chi connectivity index (χ1) is 9.06. The SMILES string of the molecule is O=C(O)[C@@H]1CCN(C(=O)COc2ccc(F)cc2)C1. The van der Waals surface area contributed by atoms with Crippen molar-refractivity contribution in [2.45, 2.75) is 6.42 Å². The van der Waals surface area contributed by atoms with E-state index in [0.717, 1.165) is 0 Å². The van der Waals surface area contributed by atoms with Gasteiger partial charge in [0.1, 0.15) is 11.6 Å². The number of hydrogen-bond donors (Lipinski definition) is 1. The van der Waals surface area contributed by atoms with Gasteiger partial charge in [-0.15, -0.1) is 0 Å². The predicted molar refractivity (Wildman–Crippen MR) is 64.2 cm³/mol. The first-order valence-corrected chi connectivity index (χ1v) is 5.95. The first-order valence-electron chi connectivity index (χ1n) is 5.95. The van der Waals surface area contributed by atoms with Crippen LogP contribution in [-0.2, 0) is 9.59 Å². The van der Waals surface area contributed by atoms with E-state index in [-0.39, 0.29) is 24.9 Å². The standard InChI is InChI=1S/C13H14FNO4/c14-10-1-3-11(4-2-10)19-8-12(16)15-6-5-9(7-15)13(17)18/h1-4,9H,5-8H2,(H,17,18)/t9-/m1/s1. The molecule has 6 heteroatoms. The van der Waals surface area contributed by atoms with Crippen molar-refractivity contribution in [3.8, 4) is 5.75 Å². The summed E-state index contributed by atoms with van der Waals surface area (Å²) in [6, 6.07) is 5.37. The lowest BCUT2D eigenvalue weighted by Gasteiger charge is -2.16. The number of benzene rings is 1. The number of amides is 1. The smallest absolute Gasteiger partial charge is 0.308 e. The number of halogens is 1. The zero-order chi connectivity index (χ0) is 13.8. The minimum atomic E-state index is -0.880. The Balaban J connectivity index is 1.82. The van der Waals surface area contributed by atoms with Crippen LogP contribution < -0.4 is 4.74 Å². The Bertz CT molecular complexity index is 474. The van der Waals surface area contributed by atoms with Gasteiger partial charge in [0.25, 0.3) is 5.91 Å². The number of carbonyl (C=O) groups excluding carboxylic acids is 1. The van der Waals surface area contributed by atoms with Gasteiger partial charge in [-0.05, 0) is 30.7 Å². The highest BCUT2D eigenvalue weighted by Gasteiger charge is 2.30. The number of carbonyl (C=O) groups is 2. The lowest BCUT2D eigenvalue weighted by atomic mass is 10.1. The van der Waals surface area contributed by atoms with Crippen LogP contribution in [0.3, 0.4) is 0 Å². The molecule has 1 heterocycles. The third-order valence-corrected chi connectivity index (χ3v) is 3.07. The summed E-state index contributed by atoms with van der Waals surface area (Å²) in [7, 11) is 0. The Labute approximate surface area is 109 Å². The van der Waals surface area contributed by atoms with Gasteiger partial charge in [0.15, 0.2) is 6.61 Å². The molecule has 1 aromatic rings. The Morgan fingerprint density at radius 2 is 2.05 bits per heavy atom. The summed E-state index contributed by atoms with van der Waals surface area (Å²) < 4.78 is 17.9. The fourth-order valence-electron chi connectivity index (χ4n) is 1.96. The summed E-state index contributed by atoms with van der Waals surface area (Å²) in [5.41, 5.74) is 0. The molecule has 1 aliphatic heterocycles. The maximum Gasteiger partial charge on any atom is 0.308 e. The van der Waals surface area contributed by atoms with Crippen molar-refractivity contribution in [1.82, 2.24) is 4.90 Å². The fraction of sp³-hybridized carbons (Fsp3) is 0.385. The van der Waals surface area contributed by atoms with Crippen LogP contribution in [0.5, 0.6) is 5.75 Å². The molecule has 1 saturated heterocycles. The lowest BCUT2D eigenvalue weighted by Crippen LogP contribution is -2.33. The molecule has 0 radical (unpaired) electrons. The van der Waals surface area contributed by atoms with Crippen molar-refractivity contribution in [2.24, 2.45) is 5.92 Å². The van der Waals surface area contributed by atoms with E-state index in [1.54, 1.807) is 0 Å². The van der Waals surface area contributed by atoms with E-state index in [0.29, 0.717) is 18.7 Å². The van der Waals surface area contributed by atoms with E-state index in [1.807, 2.05) is 0 Å². The maximum atomic E-state index is 12.7. The highest BCUT2D eigenvalue weighted by atomic mass is 19.1. The minimum Gasteiger partial charge on any atom is -0.484 e. The molecule has 102 valence electrons. The molecular weight excluding hydrogens is 253 g/mol. The Morgan fingerprint density at radius 1 is 1.37 bits per heavy atom. The van der Waals surface area contributed by atoms with E-state index in [9.17, 15) is 14.0 Å². The molecule has 0 saturated carbocycles. The second-order valence-electron chi connectivity index (χ2n) is 4.41. The molecule has 0 bridgehead atoms. The van der Waals surface area contributed by atoms with Crippen LogP contribution >= 0.6 is 0 Å². The van der Waals surface area contributed by atoms with Gasteiger partial charge in [-0.1, -0.05) is 0 Å². The van der Waals surface area contributed by atoms with Crippen LogP contribution in [0.15, 0.2) is 24.3 Å². The number of rotatable bonds is 4. The Hall–Kier alpha value is -2.11. The lowest BCUT2D eigenvalue weighted by molar-refractivity contribution is -0.141. The van der Waals surface area contributed by atoms with Gasteiger partial charge in [-0.3, -0.25) is 9.59 Å². The second-order valence-corrected chi connectivity index (χ2v) is 4.41. The largest absolute Gasteiger partial charge is 0.484 e. The van der Waals surface area contributed by atoms with Gasteiger partial charge in [-0.2, -0.15) is 0 Å². The molecule has 2 rings (SSSR count). The number of carboxylic acid groups (broad SMARTS) is 1. The summed E-state index contributed by atoms with van der Waals surface area (Å²) in [4.78, 5) is 24.0. The molecular formula is C13H14FNO4. The molecule has 0 spiro atoms. The molecule has 1 fully saturated rings. The predicted octanol–water partition coefficient (Wildman–Crippen LogP) is 1.14. The van der Waals surface area contributed by atoms with Gasteiger partial charge in [0, 0.05) is 13.1 Å². The number of carboxylic acids is 1. The van der Waals surface area contributed by atoms with Gasteiger partial charge in [-0.25, -0.2) is 4.39 Å². The average Bonchev–Trinajstić information content (AvgIpc) is 2.87. The summed E-state index contributed by atoms with van der Waals surface area (Å²) >= 11 is 0. The van der Waals surface area contributed by atoms with Crippen molar-refractivity contribution in [1.29, 1.82) is 0 Å². The molecule has 1 atom stereocenters. The minimum absolute atomic E-state index is 0.169. The number of ether oxygens (including phenoxy) is 1. The highest BCUT2D eigenvalue weighted by molar-refractivity contribution is 5.79. The van der Waals surface area contributed by atoms with Crippen molar-refractivity contribution in [3.63, 3.8) is 0 Å². The molecule has 19 heavy (non-hydrogen) atoms. The fourth-order valence-corrected chi connectivity index (χ4v) is 1.96. The van der Waals surface area contributed by atoms with E-state index in [1.165, 1.54) is 29.2 Å². The molecule has 1 aliphatic rings. The summed E-state index contributed by atoms with van der Waals surface area (Å²) in [5.74, 6) is -1.59. The zero-order valence-corrected chi connectivity index (χ0v) is 10.2. The second kappa shape index (κ2) is 5.69. The highest BCUT2D eigenvalue weighted by Crippen LogP contribution is 2.17. The molecule has 0 unspecified atom stereocenters. The quantitative estimate of drug-likeness (QED) is 0.888. The van der Waals surface area contributed by atoms with Gasteiger partial charge < -0.3 is 14.7 Å². The van der Waals surface area contributed by atoms with Gasteiger partial charge >= 0.3 is 5.97 Å². The van der Waals surface area contributed by atoms with E-state index < -0.39 is 11.9 Å². The van der Waals surface area contributed by atoms with Crippen molar-refractivity contribution >= 4 is 11.9 Å². The first kappa shape index (κ1) is 13.3. The third kappa shape index (κ3) is 3.43. The molecule has 1 amide bonds. The monoisotopic (exact) mass is 267 g/mol. The summed E-state index contributed by atoms with van der Waals surface area (Å²) in [6.07, 6.45) is 0.470. The molecule has 0 aliphatic carbocycles. The van der Waals surface area contributed by atoms with Gasteiger partial charge in [0.05, 0.1) is 5.92 Å². The van der Waals surface area contributed by atoms with Crippen molar-refractivity contribution < 1.29 is 23.8 Å². The van der Waals surface area contributed by atoms with Crippen molar-refractivity contribution in [2.75, 3.05) is 19.7 Å². The average molecular weight is 267 g/mol.